The van der Waals surface area contributed by atoms with Crippen LogP contribution in [0.15, 0.2) is 97.1 Å². The number of non-ortho nitro benzene ring substituents is 1. The van der Waals surface area contributed by atoms with E-state index in [9.17, 15) is 29.3 Å². The third-order valence-electron chi connectivity index (χ3n) is 6.14. The van der Waals surface area contributed by atoms with Crippen molar-refractivity contribution in [3.63, 3.8) is 0 Å². The van der Waals surface area contributed by atoms with Gasteiger partial charge in [0.05, 0.1) is 32.3 Å². The third kappa shape index (κ3) is 4.78. The zero-order valence-corrected chi connectivity index (χ0v) is 20.7. The molecule has 2 amide bonds. The lowest BCUT2D eigenvalue weighted by Gasteiger charge is -2.18. The van der Waals surface area contributed by atoms with E-state index >= 15 is 0 Å². The minimum atomic E-state index is -1.43. The quantitative estimate of drug-likeness (QED) is 0.0949. The molecule has 0 aliphatic carbocycles. The van der Waals surface area contributed by atoms with Gasteiger partial charge < -0.3 is 4.74 Å². The Balaban J connectivity index is 1.46. The number of fused-ring (bicyclic) bond motifs is 1. The number of Topliss-reactive ketones (excluding diaryl/α,β-unsaturated/α-hetero) is 1. The van der Waals surface area contributed by atoms with Crippen molar-refractivity contribution in [1.82, 2.24) is 0 Å². The number of esters is 1. The molecule has 4 aromatic carbocycles. The summed E-state index contributed by atoms with van der Waals surface area (Å²) in [6.45, 7) is 0. The molecule has 10 heteroatoms. The van der Waals surface area contributed by atoms with Crippen molar-refractivity contribution < 1.29 is 28.8 Å². The molecule has 1 heterocycles. The molecule has 0 saturated carbocycles. The van der Waals surface area contributed by atoms with Crippen LogP contribution < -0.4 is 4.90 Å². The maximum Gasteiger partial charge on any atom is 0.339 e. The normalized spacial score (nSPS) is 13.1. The Hall–Kier alpha value is -5.15. The van der Waals surface area contributed by atoms with Gasteiger partial charge in [0, 0.05) is 23.3 Å². The van der Waals surface area contributed by atoms with E-state index in [1.165, 1.54) is 48.5 Å². The first-order chi connectivity index (χ1) is 18.8. The number of nitro groups is 1. The molecule has 0 spiro atoms. The number of hydrogen-bond acceptors (Lipinski definition) is 7. The maximum atomic E-state index is 13.3. The first-order valence-electron chi connectivity index (χ1n) is 11.6. The highest BCUT2D eigenvalue weighted by molar-refractivity contribution is 6.39. The number of nitrogens with zero attached hydrogens (tertiary/aromatic N) is 2. The molecule has 1 aliphatic rings. The van der Waals surface area contributed by atoms with Crippen LogP contribution >= 0.6 is 11.6 Å². The van der Waals surface area contributed by atoms with Gasteiger partial charge in [-0.05, 0) is 42.5 Å². The summed E-state index contributed by atoms with van der Waals surface area (Å²) in [5.41, 5.74) is 0.504. The van der Waals surface area contributed by atoms with E-state index in [0.29, 0.717) is 0 Å². The van der Waals surface area contributed by atoms with E-state index < -0.39 is 34.6 Å². The Kier molecular flexibility index (Phi) is 6.74. The van der Waals surface area contributed by atoms with Gasteiger partial charge in [-0.1, -0.05) is 54.1 Å². The Labute approximate surface area is 226 Å². The fourth-order valence-electron chi connectivity index (χ4n) is 4.19. The van der Waals surface area contributed by atoms with Crippen molar-refractivity contribution in [1.29, 1.82) is 0 Å². The topological polar surface area (TPSA) is 124 Å². The zero-order chi connectivity index (χ0) is 27.7. The van der Waals surface area contributed by atoms with E-state index in [-0.39, 0.29) is 44.2 Å². The van der Waals surface area contributed by atoms with Crippen molar-refractivity contribution in [2.24, 2.45) is 0 Å². The summed E-state index contributed by atoms with van der Waals surface area (Å²) in [5.74, 6) is -2.73. The van der Waals surface area contributed by atoms with E-state index in [2.05, 4.69) is 0 Å². The summed E-state index contributed by atoms with van der Waals surface area (Å²) >= 11 is 6.19. The van der Waals surface area contributed by atoms with E-state index in [1.807, 2.05) is 0 Å². The number of carbonyl (C=O) groups excluding carboxylic acids is 4. The number of carbonyl (C=O) groups is 4. The number of para-hydroxylation sites is 1. The number of nitro benzene ring substituents is 1. The SMILES string of the molecule is O=C(O[C@@H](C(=O)c1ccccc1)c1ccc([N+](=O)[O-])cc1)c1ccc2c(c1)C(=O)N(c1ccccc1Cl)C2=O. The number of rotatable bonds is 7. The predicted octanol–water partition coefficient (Wildman–Crippen LogP) is 5.83. The Bertz CT molecular complexity index is 1650. The van der Waals surface area contributed by atoms with Crippen molar-refractivity contribution in [2.75, 3.05) is 4.90 Å². The number of ether oxygens (including phenoxy) is 1. The summed E-state index contributed by atoms with van der Waals surface area (Å²) in [6.07, 6.45) is -1.43. The smallest absolute Gasteiger partial charge is 0.339 e. The highest BCUT2D eigenvalue weighted by Gasteiger charge is 2.38. The van der Waals surface area contributed by atoms with Crippen LogP contribution in [-0.2, 0) is 4.74 Å². The molecule has 192 valence electrons. The highest BCUT2D eigenvalue weighted by Crippen LogP contribution is 2.34. The van der Waals surface area contributed by atoms with Crippen molar-refractivity contribution in [2.45, 2.75) is 6.10 Å². The van der Waals surface area contributed by atoms with Crippen LogP contribution in [0.4, 0.5) is 11.4 Å². The van der Waals surface area contributed by atoms with Crippen molar-refractivity contribution in [3.05, 3.63) is 140 Å². The molecule has 0 N–H and O–H groups in total. The lowest BCUT2D eigenvalue weighted by molar-refractivity contribution is -0.384. The molecule has 0 unspecified atom stereocenters. The predicted molar refractivity (Wildman–Crippen MR) is 141 cm³/mol. The van der Waals surface area contributed by atoms with Gasteiger partial charge in [-0.25, -0.2) is 9.69 Å². The number of ketones is 1. The van der Waals surface area contributed by atoms with E-state index in [1.54, 1.807) is 48.5 Å². The Morgan fingerprint density at radius 2 is 1.44 bits per heavy atom. The first-order valence-corrected chi connectivity index (χ1v) is 12.0. The fraction of sp³-hybridized carbons (Fsp3) is 0.0345. The molecule has 1 aliphatic heterocycles. The van der Waals surface area contributed by atoms with Crippen LogP contribution in [0, 0.1) is 10.1 Å². The lowest BCUT2D eigenvalue weighted by Crippen LogP contribution is -2.29. The van der Waals surface area contributed by atoms with E-state index in [4.69, 9.17) is 16.3 Å². The minimum Gasteiger partial charge on any atom is -0.445 e. The molecule has 1 atom stereocenters. The van der Waals surface area contributed by atoms with Gasteiger partial charge in [-0.15, -0.1) is 0 Å². The van der Waals surface area contributed by atoms with Crippen LogP contribution in [0.5, 0.6) is 0 Å². The maximum absolute atomic E-state index is 13.3. The molecule has 5 rings (SSSR count). The number of imide groups is 1. The first kappa shape index (κ1) is 25.5. The highest BCUT2D eigenvalue weighted by atomic mass is 35.5. The molecule has 0 bridgehead atoms. The number of benzene rings is 4. The van der Waals surface area contributed by atoms with Crippen LogP contribution in [0.2, 0.25) is 5.02 Å². The molecular formula is C29H17ClN2O7. The van der Waals surface area contributed by atoms with Crippen LogP contribution in [-0.4, -0.2) is 28.5 Å². The molecule has 39 heavy (non-hydrogen) atoms. The second-order valence-electron chi connectivity index (χ2n) is 8.52. The van der Waals surface area contributed by atoms with Crippen LogP contribution in [0.1, 0.15) is 53.1 Å². The average Bonchev–Trinajstić information content (AvgIpc) is 3.20. The van der Waals surface area contributed by atoms with Crippen molar-refractivity contribution >= 4 is 46.5 Å². The third-order valence-corrected chi connectivity index (χ3v) is 6.46. The number of hydrogen-bond donors (Lipinski definition) is 0. The van der Waals surface area contributed by atoms with Gasteiger partial charge in [0.2, 0.25) is 5.78 Å². The van der Waals surface area contributed by atoms with Crippen LogP contribution in [0.3, 0.4) is 0 Å². The fourth-order valence-corrected chi connectivity index (χ4v) is 4.41. The zero-order valence-electron chi connectivity index (χ0n) is 19.9. The molecule has 0 fully saturated rings. The molecule has 0 radical (unpaired) electrons. The Morgan fingerprint density at radius 1 is 0.795 bits per heavy atom. The Morgan fingerprint density at radius 3 is 2.10 bits per heavy atom. The standard InChI is InChI=1S/C29H17ClN2O7/c30-23-8-4-5-9-24(23)31-27(34)21-15-12-19(16-22(21)28(31)35)29(36)39-26(25(33)17-6-2-1-3-7-17)18-10-13-20(14-11-18)32(37)38/h1-16,26H/t26-/m1/s1. The molecule has 4 aromatic rings. The molecular weight excluding hydrogens is 524 g/mol. The van der Waals surface area contributed by atoms with Gasteiger partial charge in [-0.2, -0.15) is 0 Å². The van der Waals surface area contributed by atoms with E-state index in [0.717, 1.165) is 4.90 Å². The van der Waals surface area contributed by atoms with Crippen LogP contribution in [0.25, 0.3) is 0 Å². The monoisotopic (exact) mass is 540 g/mol. The van der Waals surface area contributed by atoms with Gasteiger partial charge >= 0.3 is 5.97 Å². The number of amides is 2. The summed E-state index contributed by atoms with van der Waals surface area (Å²) < 4.78 is 5.60. The summed E-state index contributed by atoms with van der Waals surface area (Å²) in [5, 5.41) is 11.3. The van der Waals surface area contributed by atoms with Gasteiger partial charge in [0.15, 0.2) is 6.10 Å². The summed E-state index contributed by atoms with van der Waals surface area (Å²) in [6, 6.07) is 23.5. The number of halogens is 1. The number of anilines is 1. The summed E-state index contributed by atoms with van der Waals surface area (Å²) in [4.78, 5) is 64.1. The molecule has 9 nitrogen and oxygen atoms in total. The average molecular weight is 541 g/mol. The van der Waals surface area contributed by atoms with Gasteiger partial charge in [0.1, 0.15) is 0 Å². The minimum absolute atomic E-state index is 0.0179. The second-order valence-corrected chi connectivity index (χ2v) is 8.93. The van der Waals surface area contributed by atoms with Crippen molar-refractivity contribution in [3.8, 4) is 0 Å². The largest absolute Gasteiger partial charge is 0.445 e. The van der Waals surface area contributed by atoms with Gasteiger partial charge in [0.25, 0.3) is 17.5 Å². The van der Waals surface area contributed by atoms with Gasteiger partial charge in [-0.3, -0.25) is 24.5 Å². The lowest BCUT2D eigenvalue weighted by atomic mass is 9.99. The molecule has 0 aromatic heterocycles. The second kappa shape index (κ2) is 10.3. The molecule has 0 saturated heterocycles. The summed E-state index contributed by atoms with van der Waals surface area (Å²) in [7, 11) is 0.